The van der Waals surface area contributed by atoms with E-state index in [0.29, 0.717) is 42.4 Å². The summed E-state index contributed by atoms with van der Waals surface area (Å²) in [5, 5.41) is 2.61. The molecule has 0 unspecified atom stereocenters. The molecule has 2 aromatic carbocycles. The van der Waals surface area contributed by atoms with Crippen LogP contribution >= 0.6 is 0 Å². The van der Waals surface area contributed by atoms with Gasteiger partial charge in [0.1, 0.15) is 6.61 Å². The maximum Gasteiger partial charge on any atom is 0.338 e. The van der Waals surface area contributed by atoms with Gasteiger partial charge in [-0.25, -0.2) is 4.79 Å². The number of rotatable bonds is 7. The van der Waals surface area contributed by atoms with E-state index in [-0.39, 0.29) is 24.5 Å². The van der Waals surface area contributed by atoms with Crippen LogP contribution in [0.15, 0.2) is 48.5 Å². The van der Waals surface area contributed by atoms with E-state index in [2.05, 4.69) is 5.32 Å². The first kappa shape index (κ1) is 21.2. The zero-order valence-corrected chi connectivity index (χ0v) is 16.9. The van der Waals surface area contributed by atoms with Crippen molar-refractivity contribution in [3.63, 3.8) is 0 Å². The fourth-order valence-electron chi connectivity index (χ4n) is 3.00. The van der Waals surface area contributed by atoms with E-state index in [1.54, 1.807) is 17.0 Å². The van der Waals surface area contributed by atoms with Crippen molar-refractivity contribution in [2.75, 3.05) is 31.6 Å². The quantitative estimate of drug-likeness (QED) is 0.703. The molecular formula is C22H24N2O6. The highest BCUT2D eigenvalue weighted by Crippen LogP contribution is 2.31. The molecule has 2 amide bonds. The SMILES string of the molecule is CCN(C[C@@H]1COc2ccccc2O1)C(=O)COC(=O)c1ccc(NC(C)=O)cc1. The Morgan fingerprint density at radius 1 is 1.10 bits per heavy atom. The number of hydrogen-bond donors (Lipinski definition) is 1. The molecule has 0 saturated carbocycles. The first-order valence-electron chi connectivity index (χ1n) is 9.67. The molecule has 0 fully saturated rings. The number of likely N-dealkylation sites (N-methyl/N-ethyl adjacent to an activating group) is 1. The minimum atomic E-state index is -0.611. The maximum absolute atomic E-state index is 12.5. The molecule has 1 atom stereocenters. The van der Waals surface area contributed by atoms with E-state index < -0.39 is 5.97 Å². The summed E-state index contributed by atoms with van der Waals surface area (Å²) in [6, 6.07) is 13.6. The van der Waals surface area contributed by atoms with Gasteiger partial charge in [0.15, 0.2) is 24.2 Å². The lowest BCUT2D eigenvalue weighted by molar-refractivity contribution is -0.135. The predicted octanol–water partition coefficient (Wildman–Crippen LogP) is 2.49. The number of nitrogens with one attached hydrogen (secondary N) is 1. The molecular weight excluding hydrogens is 388 g/mol. The Kier molecular flexibility index (Phi) is 6.90. The van der Waals surface area contributed by atoms with Crippen molar-refractivity contribution in [1.82, 2.24) is 4.90 Å². The van der Waals surface area contributed by atoms with Gasteiger partial charge in [0, 0.05) is 19.2 Å². The molecule has 0 bridgehead atoms. The fourth-order valence-corrected chi connectivity index (χ4v) is 3.00. The topological polar surface area (TPSA) is 94.2 Å². The molecule has 1 aliphatic heterocycles. The van der Waals surface area contributed by atoms with E-state index in [9.17, 15) is 14.4 Å². The minimum Gasteiger partial charge on any atom is -0.486 e. The van der Waals surface area contributed by atoms with Crippen molar-refractivity contribution in [3.05, 3.63) is 54.1 Å². The number of amides is 2. The second kappa shape index (κ2) is 9.78. The fraction of sp³-hybridized carbons (Fsp3) is 0.318. The third-order valence-electron chi connectivity index (χ3n) is 4.49. The number of benzene rings is 2. The average Bonchev–Trinajstić information content (AvgIpc) is 2.75. The highest BCUT2D eigenvalue weighted by atomic mass is 16.6. The zero-order valence-electron chi connectivity index (χ0n) is 16.9. The van der Waals surface area contributed by atoms with E-state index in [0.717, 1.165) is 0 Å². The van der Waals surface area contributed by atoms with Crippen LogP contribution in [0, 0.1) is 0 Å². The molecule has 0 saturated heterocycles. The van der Waals surface area contributed by atoms with Gasteiger partial charge in [-0.1, -0.05) is 12.1 Å². The second-order valence-corrected chi connectivity index (χ2v) is 6.76. The first-order chi connectivity index (χ1) is 14.5. The van der Waals surface area contributed by atoms with E-state index in [4.69, 9.17) is 14.2 Å². The van der Waals surface area contributed by atoms with Gasteiger partial charge in [0.05, 0.1) is 12.1 Å². The van der Waals surface area contributed by atoms with E-state index in [1.165, 1.54) is 19.1 Å². The number of carbonyl (C=O) groups is 3. The molecule has 0 aliphatic carbocycles. The van der Waals surface area contributed by atoms with Gasteiger partial charge in [-0.15, -0.1) is 0 Å². The molecule has 0 radical (unpaired) electrons. The van der Waals surface area contributed by atoms with Gasteiger partial charge < -0.3 is 24.4 Å². The molecule has 8 heteroatoms. The number of esters is 1. The lowest BCUT2D eigenvalue weighted by atomic mass is 10.2. The molecule has 0 spiro atoms. The smallest absolute Gasteiger partial charge is 0.338 e. The number of anilines is 1. The average molecular weight is 412 g/mol. The van der Waals surface area contributed by atoms with Crippen LogP contribution < -0.4 is 14.8 Å². The summed E-state index contributed by atoms with van der Waals surface area (Å²) >= 11 is 0. The Labute approximate surface area is 174 Å². The van der Waals surface area contributed by atoms with Crippen LogP contribution in [0.3, 0.4) is 0 Å². The number of ether oxygens (including phenoxy) is 3. The number of carbonyl (C=O) groups excluding carboxylic acids is 3. The number of fused-ring (bicyclic) bond motifs is 1. The molecule has 1 N–H and O–H groups in total. The Morgan fingerprint density at radius 3 is 2.47 bits per heavy atom. The predicted molar refractivity (Wildman–Crippen MR) is 110 cm³/mol. The monoisotopic (exact) mass is 412 g/mol. The third kappa shape index (κ3) is 5.50. The Balaban J connectivity index is 1.50. The van der Waals surface area contributed by atoms with Gasteiger partial charge in [0.25, 0.3) is 5.91 Å². The second-order valence-electron chi connectivity index (χ2n) is 6.76. The normalized spacial score (nSPS) is 14.5. The first-order valence-corrected chi connectivity index (χ1v) is 9.67. The molecule has 1 aliphatic rings. The van der Waals surface area contributed by atoms with Gasteiger partial charge in [-0.3, -0.25) is 9.59 Å². The Bertz CT molecular complexity index is 912. The zero-order chi connectivity index (χ0) is 21.5. The molecule has 1 heterocycles. The van der Waals surface area contributed by atoms with E-state index >= 15 is 0 Å². The van der Waals surface area contributed by atoms with Crippen LogP contribution in [0.1, 0.15) is 24.2 Å². The molecule has 30 heavy (non-hydrogen) atoms. The minimum absolute atomic E-state index is 0.202. The largest absolute Gasteiger partial charge is 0.486 e. The van der Waals surface area contributed by atoms with Crippen molar-refractivity contribution in [2.24, 2.45) is 0 Å². The molecule has 2 aromatic rings. The van der Waals surface area contributed by atoms with Gasteiger partial charge in [0.2, 0.25) is 5.91 Å². The number of nitrogens with zero attached hydrogens (tertiary/aromatic N) is 1. The summed E-state index contributed by atoms with van der Waals surface area (Å²) in [4.78, 5) is 37.3. The van der Waals surface area contributed by atoms with Crippen LogP contribution in [0.25, 0.3) is 0 Å². The van der Waals surface area contributed by atoms with Crippen molar-refractivity contribution in [2.45, 2.75) is 20.0 Å². The summed E-state index contributed by atoms with van der Waals surface area (Å²) in [6.07, 6.45) is -0.305. The summed E-state index contributed by atoms with van der Waals surface area (Å²) in [7, 11) is 0. The summed E-state index contributed by atoms with van der Waals surface area (Å²) in [6.45, 7) is 3.98. The van der Waals surface area contributed by atoms with Crippen LogP contribution in [0.5, 0.6) is 11.5 Å². The van der Waals surface area contributed by atoms with E-state index in [1.807, 2.05) is 31.2 Å². The summed E-state index contributed by atoms with van der Waals surface area (Å²) in [5.41, 5.74) is 0.865. The van der Waals surface area contributed by atoms with Crippen molar-refractivity contribution in [3.8, 4) is 11.5 Å². The van der Waals surface area contributed by atoms with Crippen LogP contribution in [-0.2, 0) is 14.3 Å². The lowest BCUT2D eigenvalue weighted by Crippen LogP contribution is -2.45. The Hall–Kier alpha value is -3.55. The van der Waals surface area contributed by atoms with Gasteiger partial charge in [-0.2, -0.15) is 0 Å². The summed E-state index contributed by atoms with van der Waals surface area (Å²) < 4.78 is 16.7. The maximum atomic E-state index is 12.5. The number of para-hydroxylation sites is 2. The van der Waals surface area contributed by atoms with Gasteiger partial charge >= 0.3 is 5.97 Å². The summed E-state index contributed by atoms with van der Waals surface area (Å²) in [5.74, 6) is 0.197. The van der Waals surface area contributed by atoms with Crippen molar-refractivity contribution < 1.29 is 28.6 Å². The standard InChI is InChI=1S/C22H24N2O6/c1-3-24(12-18-13-28-19-6-4-5-7-20(19)30-18)21(26)14-29-22(27)16-8-10-17(11-9-16)23-15(2)25/h4-11,18H,3,12-14H2,1-2H3,(H,23,25)/t18-/m1/s1. The molecule has 8 nitrogen and oxygen atoms in total. The van der Waals surface area contributed by atoms with Crippen molar-refractivity contribution >= 4 is 23.5 Å². The molecule has 158 valence electrons. The lowest BCUT2D eigenvalue weighted by Gasteiger charge is -2.30. The third-order valence-corrected chi connectivity index (χ3v) is 4.49. The van der Waals surface area contributed by atoms with Crippen LogP contribution in [-0.4, -0.2) is 55.1 Å². The highest BCUT2D eigenvalue weighted by molar-refractivity contribution is 5.93. The van der Waals surface area contributed by atoms with Crippen molar-refractivity contribution in [1.29, 1.82) is 0 Å². The molecule has 3 rings (SSSR count). The highest BCUT2D eigenvalue weighted by Gasteiger charge is 2.25. The Morgan fingerprint density at radius 2 is 1.80 bits per heavy atom. The van der Waals surface area contributed by atoms with Crippen LogP contribution in [0.4, 0.5) is 5.69 Å². The number of hydrogen-bond acceptors (Lipinski definition) is 6. The van der Waals surface area contributed by atoms with Gasteiger partial charge in [-0.05, 0) is 43.3 Å². The molecule has 0 aromatic heterocycles. The van der Waals surface area contributed by atoms with Crippen LogP contribution in [0.2, 0.25) is 0 Å².